The lowest BCUT2D eigenvalue weighted by Crippen LogP contribution is -2.13. The summed E-state index contributed by atoms with van der Waals surface area (Å²) in [6, 6.07) is 33.9. The highest BCUT2D eigenvalue weighted by Crippen LogP contribution is 2.37. The van der Waals surface area contributed by atoms with E-state index in [0.717, 1.165) is 22.6 Å². The third-order valence-corrected chi connectivity index (χ3v) is 5.83. The maximum atomic E-state index is 10.4. The first kappa shape index (κ1) is 23.0. The van der Waals surface area contributed by atoms with Crippen LogP contribution >= 0.6 is 0 Å². The number of nitrogens with zero attached hydrogens (tertiary/aromatic N) is 2. The molecule has 170 valence electrons. The number of phenolic OH excluding ortho intramolecular Hbond substituents is 2. The summed E-state index contributed by atoms with van der Waals surface area (Å²) in [6.45, 7) is 3.82. The zero-order valence-corrected chi connectivity index (χ0v) is 19.3. The number of para-hydroxylation sites is 2. The zero-order valence-electron chi connectivity index (χ0n) is 19.3. The molecule has 0 aliphatic heterocycles. The monoisotopic (exact) mass is 448 g/mol. The molecule has 34 heavy (non-hydrogen) atoms. The van der Waals surface area contributed by atoms with Crippen molar-refractivity contribution in [2.75, 3.05) is 0 Å². The highest BCUT2D eigenvalue weighted by molar-refractivity contribution is 6.02. The fourth-order valence-electron chi connectivity index (χ4n) is 4.07. The average Bonchev–Trinajstić information content (AvgIpc) is 2.87. The van der Waals surface area contributed by atoms with E-state index in [1.807, 2.05) is 98.8 Å². The van der Waals surface area contributed by atoms with Gasteiger partial charge in [-0.05, 0) is 49.2 Å². The van der Waals surface area contributed by atoms with Gasteiger partial charge in [0.1, 0.15) is 23.6 Å². The Morgan fingerprint density at radius 1 is 0.500 bits per heavy atom. The Bertz CT molecular complexity index is 1190. The lowest BCUT2D eigenvalue weighted by atomic mass is 9.93. The highest BCUT2D eigenvalue weighted by Gasteiger charge is 2.25. The van der Waals surface area contributed by atoms with Crippen LogP contribution in [0.25, 0.3) is 0 Å². The third-order valence-electron chi connectivity index (χ3n) is 5.83. The molecular weight excluding hydrogens is 420 g/mol. The molecule has 0 aliphatic rings. The van der Waals surface area contributed by atoms with Crippen molar-refractivity contribution in [1.29, 1.82) is 0 Å². The summed E-state index contributed by atoms with van der Waals surface area (Å²) >= 11 is 0. The summed E-state index contributed by atoms with van der Waals surface area (Å²) in [5, 5.41) is 20.8. The van der Waals surface area contributed by atoms with E-state index in [9.17, 15) is 10.2 Å². The molecule has 0 amide bonds. The maximum absolute atomic E-state index is 10.4. The molecule has 2 N–H and O–H groups in total. The van der Waals surface area contributed by atoms with E-state index in [1.165, 1.54) is 0 Å². The third kappa shape index (κ3) is 5.24. The summed E-state index contributed by atoms with van der Waals surface area (Å²) in [7, 11) is 0. The number of hydrogen-bond acceptors (Lipinski definition) is 4. The highest BCUT2D eigenvalue weighted by atomic mass is 16.3. The number of rotatable bonds is 7. The fraction of sp³-hybridized carbons (Fsp3) is 0.133. The van der Waals surface area contributed by atoms with Crippen molar-refractivity contribution in [2.45, 2.75) is 25.9 Å². The molecule has 4 aromatic rings. The topological polar surface area (TPSA) is 65.2 Å². The quantitative estimate of drug-likeness (QED) is 0.302. The van der Waals surface area contributed by atoms with Crippen LogP contribution < -0.4 is 0 Å². The first-order chi connectivity index (χ1) is 16.5. The Hall–Kier alpha value is -4.18. The molecule has 2 unspecified atom stereocenters. The molecule has 0 spiro atoms. The molecule has 0 heterocycles. The standard InChI is InChI=1S/C30H28N2O2/c1-21(25-17-9-11-19-27(25)33)31-29(23-13-5-3-6-14-23)30(24-15-7-4-8-16-24)32-22(2)26-18-10-12-20-28(26)34/h3-20,29-30,33-34H,1-2H3. The molecule has 0 fully saturated rings. The van der Waals surface area contributed by atoms with Crippen LogP contribution in [0.2, 0.25) is 0 Å². The summed E-state index contributed by atoms with van der Waals surface area (Å²) < 4.78 is 0. The Morgan fingerprint density at radius 2 is 0.824 bits per heavy atom. The Balaban J connectivity index is 1.89. The molecular formula is C30H28N2O2. The van der Waals surface area contributed by atoms with Gasteiger partial charge < -0.3 is 10.2 Å². The summed E-state index contributed by atoms with van der Waals surface area (Å²) in [5.74, 6) is 0.390. The van der Waals surface area contributed by atoms with Crippen molar-refractivity contribution in [3.63, 3.8) is 0 Å². The Labute approximate surface area is 200 Å². The van der Waals surface area contributed by atoms with E-state index in [0.29, 0.717) is 11.1 Å². The minimum absolute atomic E-state index is 0.195. The molecule has 0 aromatic heterocycles. The van der Waals surface area contributed by atoms with Gasteiger partial charge in [0, 0.05) is 22.6 Å². The largest absolute Gasteiger partial charge is 0.507 e. The van der Waals surface area contributed by atoms with Gasteiger partial charge in [-0.15, -0.1) is 0 Å². The van der Waals surface area contributed by atoms with E-state index in [4.69, 9.17) is 9.98 Å². The molecule has 2 atom stereocenters. The van der Waals surface area contributed by atoms with Gasteiger partial charge in [-0.2, -0.15) is 0 Å². The summed E-state index contributed by atoms with van der Waals surface area (Å²) in [6.07, 6.45) is 0. The van der Waals surface area contributed by atoms with Crippen LogP contribution in [0.4, 0.5) is 0 Å². The lowest BCUT2D eigenvalue weighted by molar-refractivity contribution is 0.473. The van der Waals surface area contributed by atoms with Gasteiger partial charge in [-0.3, -0.25) is 9.98 Å². The molecule has 0 radical (unpaired) electrons. The maximum Gasteiger partial charge on any atom is 0.124 e. The van der Waals surface area contributed by atoms with Crippen molar-refractivity contribution < 1.29 is 10.2 Å². The van der Waals surface area contributed by atoms with E-state index < -0.39 is 0 Å². The molecule has 0 aliphatic carbocycles. The van der Waals surface area contributed by atoms with Crippen molar-refractivity contribution >= 4 is 11.4 Å². The summed E-state index contributed by atoms with van der Waals surface area (Å²) in [5.41, 5.74) is 4.86. The second kappa shape index (κ2) is 10.6. The average molecular weight is 449 g/mol. The number of aromatic hydroxyl groups is 2. The predicted molar refractivity (Wildman–Crippen MR) is 139 cm³/mol. The van der Waals surface area contributed by atoms with Gasteiger partial charge in [-0.1, -0.05) is 84.9 Å². The molecule has 0 saturated carbocycles. The van der Waals surface area contributed by atoms with E-state index in [-0.39, 0.29) is 23.6 Å². The zero-order chi connectivity index (χ0) is 23.9. The van der Waals surface area contributed by atoms with Gasteiger partial charge >= 0.3 is 0 Å². The molecule has 0 saturated heterocycles. The van der Waals surface area contributed by atoms with Crippen LogP contribution in [0.3, 0.4) is 0 Å². The predicted octanol–water partition coefficient (Wildman–Crippen LogP) is 6.90. The molecule has 4 nitrogen and oxygen atoms in total. The van der Waals surface area contributed by atoms with E-state index >= 15 is 0 Å². The van der Waals surface area contributed by atoms with Gasteiger partial charge in [0.05, 0.1) is 0 Å². The number of hydrogen-bond donors (Lipinski definition) is 2. The number of benzene rings is 4. The van der Waals surface area contributed by atoms with Gasteiger partial charge in [0.15, 0.2) is 0 Å². The first-order valence-corrected chi connectivity index (χ1v) is 11.3. The Kier molecular flexibility index (Phi) is 7.19. The first-order valence-electron chi connectivity index (χ1n) is 11.3. The smallest absolute Gasteiger partial charge is 0.124 e. The number of phenols is 2. The van der Waals surface area contributed by atoms with E-state index in [1.54, 1.807) is 24.3 Å². The minimum atomic E-state index is -0.344. The second-order valence-electron chi connectivity index (χ2n) is 8.17. The van der Waals surface area contributed by atoms with Crippen molar-refractivity contribution in [1.82, 2.24) is 0 Å². The SMILES string of the molecule is CC(=NC(c1ccccc1)C(N=C(C)c1ccccc1O)c1ccccc1)c1ccccc1O. The normalized spacial score (nSPS) is 13.9. The van der Waals surface area contributed by atoms with Gasteiger partial charge in [0.25, 0.3) is 0 Å². The van der Waals surface area contributed by atoms with Gasteiger partial charge in [0.2, 0.25) is 0 Å². The van der Waals surface area contributed by atoms with Crippen LogP contribution in [0.15, 0.2) is 119 Å². The molecule has 0 bridgehead atoms. The lowest BCUT2D eigenvalue weighted by Gasteiger charge is -2.24. The van der Waals surface area contributed by atoms with Crippen LogP contribution in [0.1, 0.15) is 48.2 Å². The van der Waals surface area contributed by atoms with Crippen molar-refractivity contribution in [2.24, 2.45) is 9.98 Å². The van der Waals surface area contributed by atoms with Crippen LogP contribution in [0, 0.1) is 0 Å². The Morgan fingerprint density at radius 3 is 1.18 bits per heavy atom. The second-order valence-corrected chi connectivity index (χ2v) is 8.17. The molecule has 4 rings (SSSR count). The number of aliphatic imine (C=N–C) groups is 2. The van der Waals surface area contributed by atoms with Crippen molar-refractivity contribution in [3.05, 3.63) is 131 Å². The summed E-state index contributed by atoms with van der Waals surface area (Å²) in [4.78, 5) is 10.2. The molecule has 4 heteroatoms. The van der Waals surface area contributed by atoms with Crippen molar-refractivity contribution in [3.8, 4) is 11.5 Å². The van der Waals surface area contributed by atoms with Crippen LogP contribution in [0.5, 0.6) is 11.5 Å². The van der Waals surface area contributed by atoms with E-state index in [2.05, 4.69) is 0 Å². The molecule has 4 aromatic carbocycles. The van der Waals surface area contributed by atoms with Crippen LogP contribution in [-0.4, -0.2) is 21.6 Å². The van der Waals surface area contributed by atoms with Crippen LogP contribution in [-0.2, 0) is 0 Å². The van der Waals surface area contributed by atoms with Gasteiger partial charge in [-0.25, -0.2) is 0 Å². The fourth-order valence-corrected chi connectivity index (χ4v) is 4.07. The minimum Gasteiger partial charge on any atom is -0.507 e.